The van der Waals surface area contributed by atoms with Gasteiger partial charge >= 0.3 is 0 Å². The molecule has 0 unspecified atom stereocenters. The average molecular weight is 346 g/mol. The van der Waals surface area contributed by atoms with Crippen molar-refractivity contribution >= 4 is 23.2 Å². The van der Waals surface area contributed by atoms with Crippen LogP contribution in [0.25, 0.3) is 11.1 Å². The van der Waals surface area contributed by atoms with Crippen molar-refractivity contribution in [2.45, 2.75) is 6.10 Å². The molecule has 22 heavy (non-hydrogen) atoms. The molecule has 0 spiro atoms. The van der Waals surface area contributed by atoms with Crippen molar-refractivity contribution in [2.75, 3.05) is 13.2 Å². The van der Waals surface area contributed by atoms with Gasteiger partial charge in [0.15, 0.2) is 11.5 Å². The number of para-hydroxylation sites is 1. The van der Waals surface area contributed by atoms with Gasteiger partial charge in [0, 0.05) is 23.7 Å². The van der Waals surface area contributed by atoms with Crippen LogP contribution < -0.4 is 15.2 Å². The van der Waals surface area contributed by atoms with Gasteiger partial charge in [-0.3, -0.25) is 0 Å². The van der Waals surface area contributed by atoms with E-state index in [2.05, 4.69) is 0 Å². The Labute approximate surface area is 135 Å². The summed E-state index contributed by atoms with van der Waals surface area (Å²) in [6, 6.07) is 5.59. The molecule has 7 heteroatoms. The minimum atomic E-state index is -0.900. The van der Waals surface area contributed by atoms with E-state index in [-0.39, 0.29) is 28.3 Å². The van der Waals surface area contributed by atoms with Gasteiger partial charge in [-0.25, -0.2) is 8.78 Å². The molecule has 3 rings (SSSR count). The van der Waals surface area contributed by atoms with Gasteiger partial charge in [-0.2, -0.15) is 0 Å². The molecule has 0 bridgehead atoms. The SMILES string of the molecule is NC[C@H]1COc2cccc(-c3c(Cl)c(F)cc(F)c3Cl)c2O1. The molecule has 0 saturated carbocycles. The summed E-state index contributed by atoms with van der Waals surface area (Å²) in [5.41, 5.74) is 5.96. The number of benzene rings is 2. The zero-order valence-corrected chi connectivity index (χ0v) is 12.7. The molecule has 2 aromatic carbocycles. The van der Waals surface area contributed by atoms with Gasteiger partial charge in [0.2, 0.25) is 0 Å². The lowest BCUT2D eigenvalue weighted by Crippen LogP contribution is -2.35. The Hall–Kier alpha value is -1.56. The average Bonchev–Trinajstić information content (AvgIpc) is 2.53. The van der Waals surface area contributed by atoms with Crippen LogP contribution in [0.1, 0.15) is 0 Å². The van der Waals surface area contributed by atoms with Crippen LogP contribution in [0.2, 0.25) is 10.0 Å². The number of fused-ring (bicyclic) bond motifs is 1. The lowest BCUT2D eigenvalue weighted by molar-refractivity contribution is 0.0976. The maximum absolute atomic E-state index is 13.8. The fourth-order valence-corrected chi connectivity index (χ4v) is 2.81. The summed E-state index contributed by atoms with van der Waals surface area (Å²) in [7, 11) is 0. The Morgan fingerprint density at radius 3 is 2.50 bits per heavy atom. The molecule has 2 aromatic rings. The minimum absolute atomic E-state index is 0.0268. The highest BCUT2D eigenvalue weighted by atomic mass is 35.5. The first-order chi connectivity index (χ1) is 10.5. The second kappa shape index (κ2) is 5.91. The van der Waals surface area contributed by atoms with Crippen LogP contribution >= 0.6 is 23.2 Å². The Balaban J connectivity index is 2.23. The Kier molecular flexibility index (Phi) is 4.12. The lowest BCUT2D eigenvalue weighted by Gasteiger charge is -2.27. The van der Waals surface area contributed by atoms with Crippen molar-refractivity contribution in [2.24, 2.45) is 5.73 Å². The predicted octanol–water partition coefficient (Wildman–Crippen LogP) is 4.04. The molecule has 0 aliphatic carbocycles. The van der Waals surface area contributed by atoms with E-state index in [1.807, 2.05) is 0 Å². The van der Waals surface area contributed by atoms with Crippen LogP contribution in [0.5, 0.6) is 11.5 Å². The van der Waals surface area contributed by atoms with Crippen molar-refractivity contribution in [3.05, 3.63) is 45.9 Å². The highest BCUT2D eigenvalue weighted by molar-refractivity contribution is 6.39. The normalized spacial score (nSPS) is 16.7. The summed E-state index contributed by atoms with van der Waals surface area (Å²) in [6.07, 6.45) is -0.357. The van der Waals surface area contributed by atoms with Crippen molar-refractivity contribution in [1.29, 1.82) is 0 Å². The Morgan fingerprint density at radius 2 is 1.86 bits per heavy atom. The number of nitrogens with two attached hydrogens (primary N) is 1. The van der Waals surface area contributed by atoms with Crippen molar-refractivity contribution in [3.8, 4) is 22.6 Å². The fourth-order valence-electron chi connectivity index (χ4n) is 2.26. The van der Waals surface area contributed by atoms with E-state index in [0.29, 0.717) is 29.7 Å². The van der Waals surface area contributed by atoms with Crippen LogP contribution in [-0.4, -0.2) is 19.3 Å². The topological polar surface area (TPSA) is 44.5 Å². The first-order valence-corrected chi connectivity index (χ1v) is 7.24. The van der Waals surface area contributed by atoms with Crippen LogP contribution in [-0.2, 0) is 0 Å². The van der Waals surface area contributed by atoms with Gasteiger partial charge in [0.25, 0.3) is 0 Å². The molecule has 1 aliphatic rings. The Bertz CT molecular complexity index is 714. The third kappa shape index (κ3) is 2.49. The van der Waals surface area contributed by atoms with E-state index >= 15 is 0 Å². The monoisotopic (exact) mass is 345 g/mol. The van der Waals surface area contributed by atoms with Gasteiger partial charge < -0.3 is 15.2 Å². The number of hydrogen-bond acceptors (Lipinski definition) is 3. The van der Waals surface area contributed by atoms with Gasteiger partial charge in [-0.15, -0.1) is 0 Å². The van der Waals surface area contributed by atoms with E-state index in [1.165, 1.54) is 0 Å². The molecule has 1 atom stereocenters. The molecule has 0 fully saturated rings. The van der Waals surface area contributed by atoms with E-state index < -0.39 is 11.6 Å². The van der Waals surface area contributed by atoms with E-state index in [9.17, 15) is 8.78 Å². The zero-order chi connectivity index (χ0) is 15.9. The summed E-state index contributed by atoms with van der Waals surface area (Å²) in [5, 5.41) is -0.559. The molecular formula is C15H11Cl2F2NO2. The summed E-state index contributed by atoms with van der Waals surface area (Å²) in [6.45, 7) is 0.540. The fraction of sp³-hybridized carbons (Fsp3) is 0.200. The number of rotatable bonds is 2. The van der Waals surface area contributed by atoms with Gasteiger partial charge in [-0.05, 0) is 6.07 Å². The van der Waals surface area contributed by atoms with Gasteiger partial charge in [0.05, 0.1) is 10.0 Å². The number of hydrogen-bond donors (Lipinski definition) is 1. The van der Waals surface area contributed by atoms with Gasteiger partial charge in [-0.1, -0.05) is 35.3 Å². The molecule has 1 heterocycles. The van der Waals surface area contributed by atoms with Crippen LogP contribution in [0.15, 0.2) is 24.3 Å². The Morgan fingerprint density at radius 1 is 1.18 bits per heavy atom. The predicted molar refractivity (Wildman–Crippen MR) is 80.8 cm³/mol. The quantitative estimate of drug-likeness (QED) is 0.835. The maximum Gasteiger partial charge on any atom is 0.169 e. The van der Waals surface area contributed by atoms with Crippen LogP contribution in [0.4, 0.5) is 8.78 Å². The summed E-state index contributed by atoms with van der Waals surface area (Å²) >= 11 is 11.9. The highest BCUT2D eigenvalue weighted by Crippen LogP contribution is 2.46. The highest BCUT2D eigenvalue weighted by Gasteiger charge is 2.27. The summed E-state index contributed by atoms with van der Waals surface area (Å²) in [4.78, 5) is 0. The third-order valence-corrected chi connectivity index (χ3v) is 4.07. The van der Waals surface area contributed by atoms with Crippen molar-refractivity contribution < 1.29 is 18.3 Å². The molecule has 0 amide bonds. The maximum atomic E-state index is 13.8. The first-order valence-electron chi connectivity index (χ1n) is 6.48. The summed E-state index contributed by atoms with van der Waals surface area (Å²) < 4.78 is 38.8. The number of ether oxygens (including phenoxy) is 2. The van der Waals surface area contributed by atoms with Crippen molar-refractivity contribution in [1.82, 2.24) is 0 Å². The van der Waals surface area contributed by atoms with Crippen LogP contribution in [0, 0.1) is 11.6 Å². The molecule has 0 saturated heterocycles. The molecule has 0 aromatic heterocycles. The summed E-state index contributed by atoms with van der Waals surface area (Å²) in [5.74, 6) is -1.04. The zero-order valence-electron chi connectivity index (χ0n) is 11.2. The van der Waals surface area contributed by atoms with E-state index in [4.69, 9.17) is 38.4 Å². The largest absolute Gasteiger partial charge is 0.486 e. The molecule has 116 valence electrons. The molecule has 0 radical (unpaired) electrons. The smallest absolute Gasteiger partial charge is 0.169 e. The third-order valence-electron chi connectivity index (χ3n) is 3.33. The van der Waals surface area contributed by atoms with Crippen molar-refractivity contribution in [3.63, 3.8) is 0 Å². The molecule has 3 nitrogen and oxygen atoms in total. The second-order valence-corrected chi connectivity index (χ2v) is 5.52. The van der Waals surface area contributed by atoms with E-state index in [1.54, 1.807) is 18.2 Å². The van der Waals surface area contributed by atoms with E-state index in [0.717, 1.165) is 0 Å². The molecule has 2 N–H and O–H groups in total. The molecular weight excluding hydrogens is 335 g/mol. The number of halogens is 4. The second-order valence-electron chi connectivity index (χ2n) is 4.76. The van der Waals surface area contributed by atoms with Crippen LogP contribution in [0.3, 0.4) is 0 Å². The minimum Gasteiger partial charge on any atom is -0.486 e. The molecule has 1 aliphatic heterocycles. The standard InChI is InChI=1S/C15H11Cl2F2NO2/c16-13-9(18)4-10(19)14(17)12(13)8-2-1-3-11-15(8)22-7(5-20)6-21-11/h1-4,7H,5-6,20H2/t7-/m0/s1. The lowest BCUT2D eigenvalue weighted by atomic mass is 10.0. The first kappa shape index (κ1) is 15.3. The van der Waals surface area contributed by atoms with Gasteiger partial charge in [0.1, 0.15) is 24.3 Å².